The number of halogens is 1. The average molecular weight is 378 g/mol. The first-order valence-corrected chi connectivity index (χ1v) is 8.40. The summed E-state index contributed by atoms with van der Waals surface area (Å²) in [5.74, 6) is -0.661. The van der Waals surface area contributed by atoms with Gasteiger partial charge in [0.15, 0.2) is 18.1 Å². The number of hydrogen-bond acceptors (Lipinski definition) is 4. The van der Waals surface area contributed by atoms with E-state index in [2.05, 4.69) is 0 Å². The molecular weight excluding hydrogens is 358 g/mol. The Hall–Kier alpha value is -2.73. The van der Waals surface area contributed by atoms with Crippen molar-refractivity contribution in [2.75, 3.05) is 20.3 Å². The van der Waals surface area contributed by atoms with Gasteiger partial charge < -0.3 is 19.5 Å². The van der Waals surface area contributed by atoms with Gasteiger partial charge in [-0.1, -0.05) is 23.7 Å². The highest BCUT2D eigenvalue weighted by atomic mass is 35.5. The lowest BCUT2D eigenvalue weighted by molar-refractivity contribution is -0.139. The van der Waals surface area contributed by atoms with Crippen molar-refractivity contribution in [2.45, 2.75) is 13.5 Å². The molecule has 2 aromatic rings. The Morgan fingerprint density at radius 3 is 2.38 bits per heavy atom. The zero-order valence-corrected chi connectivity index (χ0v) is 15.3. The summed E-state index contributed by atoms with van der Waals surface area (Å²) in [6.07, 6.45) is 0. The van der Waals surface area contributed by atoms with E-state index < -0.39 is 12.6 Å². The van der Waals surface area contributed by atoms with E-state index in [1.165, 1.54) is 6.07 Å². The summed E-state index contributed by atoms with van der Waals surface area (Å²) < 4.78 is 10.7. The maximum Gasteiger partial charge on any atom is 0.341 e. The number of aliphatic carboxylic acids is 1. The molecule has 1 amide bonds. The van der Waals surface area contributed by atoms with Crippen molar-refractivity contribution in [3.8, 4) is 11.5 Å². The summed E-state index contributed by atoms with van der Waals surface area (Å²) in [5.41, 5.74) is 1.38. The minimum absolute atomic E-state index is 0.189. The van der Waals surface area contributed by atoms with Crippen molar-refractivity contribution >= 4 is 23.5 Å². The highest BCUT2D eigenvalue weighted by Crippen LogP contribution is 2.29. The molecule has 6 nitrogen and oxygen atoms in total. The maximum atomic E-state index is 12.7. The van der Waals surface area contributed by atoms with Gasteiger partial charge in [-0.15, -0.1) is 0 Å². The molecule has 0 heterocycles. The monoisotopic (exact) mass is 377 g/mol. The highest BCUT2D eigenvalue weighted by Gasteiger charge is 2.16. The molecular formula is C19H20ClNO5. The van der Waals surface area contributed by atoms with Crippen molar-refractivity contribution in [1.29, 1.82) is 0 Å². The third-order valence-corrected chi connectivity index (χ3v) is 3.77. The van der Waals surface area contributed by atoms with Crippen LogP contribution in [0.4, 0.5) is 0 Å². The van der Waals surface area contributed by atoms with Crippen LogP contribution in [0.5, 0.6) is 11.5 Å². The zero-order chi connectivity index (χ0) is 19.1. The average Bonchev–Trinajstić information content (AvgIpc) is 2.62. The molecule has 0 saturated carbocycles. The third kappa shape index (κ3) is 5.39. The second kappa shape index (κ2) is 9.10. The van der Waals surface area contributed by atoms with Crippen LogP contribution in [0.2, 0.25) is 5.02 Å². The van der Waals surface area contributed by atoms with Crippen LogP contribution in [0.15, 0.2) is 42.5 Å². The van der Waals surface area contributed by atoms with Gasteiger partial charge in [0.25, 0.3) is 5.91 Å². The van der Waals surface area contributed by atoms with Crippen LogP contribution in [0.25, 0.3) is 0 Å². The van der Waals surface area contributed by atoms with E-state index in [9.17, 15) is 9.59 Å². The Kier molecular flexibility index (Phi) is 6.86. The van der Waals surface area contributed by atoms with E-state index in [0.29, 0.717) is 29.5 Å². The largest absolute Gasteiger partial charge is 0.490 e. The standard InChI is InChI=1S/C19H20ClNO5/c1-3-25-17-10-14(6-9-16(17)26-12-18(22)23)19(24)21(2)11-13-4-7-15(20)8-5-13/h4-10H,3,11-12H2,1-2H3,(H,22,23). The third-order valence-electron chi connectivity index (χ3n) is 3.52. The predicted molar refractivity (Wildman–Crippen MR) is 98.0 cm³/mol. The van der Waals surface area contributed by atoms with Gasteiger partial charge in [-0.05, 0) is 42.8 Å². The SMILES string of the molecule is CCOc1cc(C(=O)N(C)Cc2ccc(Cl)cc2)ccc1OCC(=O)O. The summed E-state index contributed by atoms with van der Waals surface area (Å²) >= 11 is 5.87. The number of carbonyl (C=O) groups is 2. The molecule has 2 rings (SSSR count). The van der Waals surface area contributed by atoms with Crippen LogP contribution in [-0.4, -0.2) is 42.1 Å². The van der Waals surface area contributed by atoms with E-state index in [0.717, 1.165) is 5.56 Å². The first kappa shape index (κ1) is 19.6. The van der Waals surface area contributed by atoms with Crippen molar-refractivity contribution in [1.82, 2.24) is 4.90 Å². The molecule has 0 bridgehead atoms. The lowest BCUT2D eigenvalue weighted by Gasteiger charge is -2.19. The fourth-order valence-corrected chi connectivity index (χ4v) is 2.45. The molecule has 7 heteroatoms. The number of carboxylic acids is 1. The van der Waals surface area contributed by atoms with Gasteiger partial charge in [0, 0.05) is 24.2 Å². The molecule has 0 aliphatic rings. The van der Waals surface area contributed by atoms with Crippen LogP contribution < -0.4 is 9.47 Å². The van der Waals surface area contributed by atoms with E-state index >= 15 is 0 Å². The van der Waals surface area contributed by atoms with E-state index in [-0.39, 0.29) is 11.7 Å². The molecule has 2 aromatic carbocycles. The van der Waals surface area contributed by atoms with Gasteiger partial charge in [0.2, 0.25) is 0 Å². The molecule has 0 aromatic heterocycles. The summed E-state index contributed by atoms with van der Waals surface area (Å²) in [6.45, 7) is 2.10. The lowest BCUT2D eigenvalue weighted by atomic mass is 10.1. The lowest BCUT2D eigenvalue weighted by Crippen LogP contribution is -2.26. The molecule has 138 valence electrons. The zero-order valence-electron chi connectivity index (χ0n) is 14.6. The first-order chi connectivity index (χ1) is 12.4. The second-order valence-electron chi connectivity index (χ2n) is 5.56. The Morgan fingerprint density at radius 1 is 1.08 bits per heavy atom. The molecule has 1 N–H and O–H groups in total. The maximum absolute atomic E-state index is 12.7. The van der Waals surface area contributed by atoms with E-state index in [1.54, 1.807) is 43.1 Å². The molecule has 0 saturated heterocycles. The van der Waals surface area contributed by atoms with Crippen LogP contribution >= 0.6 is 11.6 Å². The predicted octanol–water partition coefficient (Wildman–Crippen LogP) is 3.47. The molecule has 0 unspecified atom stereocenters. The number of carbonyl (C=O) groups excluding carboxylic acids is 1. The number of benzene rings is 2. The van der Waals surface area contributed by atoms with Crippen molar-refractivity contribution in [2.24, 2.45) is 0 Å². The van der Waals surface area contributed by atoms with Crippen LogP contribution in [0.3, 0.4) is 0 Å². The van der Waals surface area contributed by atoms with Crippen molar-refractivity contribution in [3.63, 3.8) is 0 Å². The van der Waals surface area contributed by atoms with Gasteiger partial charge >= 0.3 is 5.97 Å². The van der Waals surface area contributed by atoms with Crippen molar-refractivity contribution in [3.05, 3.63) is 58.6 Å². The van der Waals surface area contributed by atoms with Gasteiger partial charge in [0.1, 0.15) is 0 Å². The number of ether oxygens (including phenoxy) is 2. The molecule has 0 radical (unpaired) electrons. The second-order valence-corrected chi connectivity index (χ2v) is 6.00. The van der Waals surface area contributed by atoms with Gasteiger partial charge in [-0.2, -0.15) is 0 Å². The number of amides is 1. The Morgan fingerprint density at radius 2 is 1.77 bits per heavy atom. The molecule has 0 aliphatic carbocycles. The molecule has 0 atom stereocenters. The number of hydrogen-bond donors (Lipinski definition) is 1. The number of rotatable bonds is 8. The van der Waals surface area contributed by atoms with Crippen LogP contribution in [0, 0.1) is 0 Å². The summed E-state index contributed by atoms with van der Waals surface area (Å²) in [4.78, 5) is 24.9. The minimum Gasteiger partial charge on any atom is -0.490 e. The van der Waals surface area contributed by atoms with Crippen molar-refractivity contribution < 1.29 is 24.2 Å². The van der Waals surface area contributed by atoms with Crippen LogP contribution in [-0.2, 0) is 11.3 Å². The van der Waals surface area contributed by atoms with Gasteiger partial charge in [-0.25, -0.2) is 4.79 Å². The summed E-state index contributed by atoms with van der Waals surface area (Å²) in [5, 5.41) is 9.37. The quantitative estimate of drug-likeness (QED) is 0.762. The molecule has 0 fully saturated rings. The normalized spacial score (nSPS) is 10.3. The summed E-state index contributed by atoms with van der Waals surface area (Å²) in [6, 6.07) is 12.0. The minimum atomic E-state index is -1.09. The van der Waals surface area contributed by atoms with Gasteiger partial charge in [-0.3, -0.25) is 4.79 Å². The van der Waals surface area contributed by atoms with E-state index in [1.807, 2.05) is 12.1 Å². The number of nitrogens with zero attached hydrogens (tertiary/aromatic N) is 1. The topological polar surface area (TPSA) is 76.1 Å². The fourth-order valence-electron chi connectivity index (χ4n) is 2.32. The fraction of sp³-hybridized carbons (Fsp3) is 0.263. The molecule has 0 aliphatic heterocycles. The highest BCUT2D eigenvalue weighted by molar-refractivity contribution is 6.30. The first-order valence-electron chi connectivity index (χ1n) is 8.02. The number of carboxylic acid groups (broad SMARTS) is 1. The Balaban J connectivity index is 2.14. The molecule has 0 spiro atoms. The van der Waals surface area contributed by atoms with E-state index in [4.69, 9.17) is 26.2 Å². The van der Waals surface area contributed by atoms with Crippen LogP contribution in [0.1, 0.15) is 22.8 Å². The Labute approximate surface area is 156 Å². The van der Waals surface area contributed by atoms with Gasteiger partial charge in [0.05, 0.1) is 6.61 Å². The summed E-state index contributed by atoms with van der Waals surface area (Å²) in [7, 11) is 1.70. The molecule has 26 heavy (non-hydrogen) atoms. The smallest absolute Gasteiger partial charge is 0.341 e. The Bertz CT molecular complexity index is 776.